The fourth-order valence-corrected chi connectivity index (χ4v) is 5.06. The van der Waals surface area contributed by atoms with Crippen molar-refractivity contribution in [3.05, 3.63) is 76.5 Å². The van der Waals surface area contributed by atoms with Gasteiger partial charge in [-0.15, -0.1) is 0 Å². The Kier molecular flexibility index (Phi) is 14.8. The average molecular weight is 645 g/mol. The van der Waals surface area contributed by atoms with E-state index >= 15 is 0 Å². The zero-order valence-electron chi connectivity index (χ0n) is 27.3. The number of hydrogen-bond donors (Lipinski definition) is 7. The highest BCUT2D eigenvalue weighted by atomic mass is 16.5. The molecule has 1 aliphatic rings. The third kappa shape index (κ3) is 12.5. The van der Waals surface area contributed by atoms with Crippen LogP contribution in [0.15, 0.2) is 64.2 Å². The number of nitrogens with zero attached hydrogens (tertiary/aromatic N) is 2. The molecule has 2 aromatic carbocycles. The molecule has 47 heavy (non-hydrogen) atoms. The number of rotatable bonds is 15. The predicted molar refractivity (Wildman–Crippen MR) is 185 cm³/mol. The van der Waals surface area contributed by atoms with E-state index in [2.05, 4.69) is 27.5 Å². The van der Waals surface area contributed by atoms with E-state index in [1.165, 1.54) is 0 Å². The molecule has 0 saturated carbocycles. The highest BCUT2D eigenvalue weighted by molar-refractivity contribution is 5.95. The number of ether oxygens (including phenoxy) is 1. The molecule has 0 unspecified atom stereocenters. The number of carbonyl (C=O) groups is 2. The number of nitrogens with two attached hydrogens (primary N) is 4. The number of unbranched alkanes of at least 4 members (excludes halogenated alkanes) is 1. The number of nitrogens with one attached hydrogen (secondary N) is 2. The number of benzene rings is 2. The number of aryl methyl sites for hydroxylation is 2. The number of carbonyl (C=O) groups excluding carboxylic acids is 2. The summed E-state index contributed by atoms with van der Waals surface area (Å²) in [6.45, 7) is 4.86. The predicted octanol–water partition coefficient (Wildman–Crippen LogP) is 1.79. The van der Waals surface area contributed by atoms with Gasteiger partial charge in [0.1, 0.15) is 11.8 Å². The summed E-state index contributed by atoms with van der Waals surface area (Å²) in [6, 6.07) is 10.4. The molecule has 0 aromatic heterocycles. The van der Waals surface area contributed by atoms with Crippen molar-refractivity contribution < 1.29 is 19.4 Å². The molecule has 0 spiro atoms. The summed E-state index contributed by atoms with van der Waals surface area (Å²) in [6.07, 6.45) is 6.10. The van der Waals surface area contributed by atoms with Gasteiger partial charge < -0.3 is 43.4 Å². The van der Waals surface area contributed by atoms with Gasteiger partial charge in [0, 0.05) is 30.6 Å². The molecule has 0 bridgehead atoms. The molecule has 0 radical (unpaired) electrons. The number of phenolic OH excluding ortho intramolecular Hbond substituents is 1. The maximum Gasteiger partial charge on any atom is 0.255 e. The van der Waals surface area contributed by atoms with E-state index in [-0.39, 0.29) is 11.7 Å². The molecule has 1 aliphatic heterocycles. The van der Waals surface area contributed by atoms with Gasteiger partial charge in [-0.25, -0.2) is 4.99 Å². The van der Waals surface area contributed by atoms with Crippen LogP contribution in [0.25, 0.3) is 0 Å². The molecule has 252 valence electrons. The topological polar surface area (TPSA) is 216 Å². The fraction of sp³-hybridized carbons (Fsp3) is 0.429. The summed E-state index contributed by atoms with van der Waals surface area (Å²) in [4.78, 5) is 35.9. The molecule has 3 atom stereocenters. The highest BCUT2D eigenvalue weighted by Gasteiger charge is 2.28. The normalized spacial score (nSPS) is 14.5. The second kappa shape index (κ2) is 19.0. The number of amides is 2. The zero-order valence-corrected chi connectivity index (χ0v) is 27.3. The van der Waals surface area contributed by atoms with Gasteiger partial charge in [0.15, 0.2) is 12.0 Å². The first kappa shape index (κ1) is 36.6. The minimum atomic E-state index is -1.25. The first-order valence-electron chi connectivity index (χ1n) is 15.9. The van der Waals surface area contributed by atoms with Crippen LogP contribution in [0.2, 0.25) is 0 Å². The molecule has 12 heteroatoms. The summed E-state index contributed by atoms with van der Waals surface area (Å²) in [7, 11) is 0. The molecule has 1 heterocycles. The highest BCUT2D eigenvalue weighted by Crippen LogP contribution is 2.20. The van der Waals surface area contributed by atoms with Crippen LogP contribution >= 0.6 is 0 Å². The van der Waals surface area contributed by atoms with Crippen LogP contribution in [0.1, 0.15) is 60.8 Å². The minimum Gasteiger partial charge on any atom is -0.508 e. The van der Waals surface area contributed by atoms with Crippen molar-refractivity contribution >= 4 is 23.7 Å². The Balaban J connectivity index is 1.89. The van der Waals surface area contributed by atoms with E-state index in [9.17, 15) is 14.7 Å². The number of hydrogen-bond acceptors (Lipinski definition) is 8. The Morgan fingerprint density at radius 2 is 1.77 bits per heavy atom. The molecular formula is C35H48N8O4. The second-order valence-corrected chi connectivity index (χ2v) is 11.5. The van der Waals surface area contributed by atoms with Gasteiger partial charge >= 0.3 is 0 Å². The molecular weight excluding hydrogens is 596 g/mol. The lowest BCUT2D eigenvalue weighted by Crippen LogP contribution is -2.54. The van der Waals surface area contributed by atoms with E-state index in [1.807, 2.05) is 50.3 Å². The zero-order chi connectivity index (χ0) is 34.2. The summed E-state index contributed by atoms with van der Waals surface area (Å²) < 4.78 is 6.06. The lowest BCUT2D eigenvalue weighted by molar-refractivity contribution is -0.128. The van der Waals surface area contributed by atoms with Gasteiger partial charge in [-0.1, -0.05) is 48.2 Å². The van der Waals surface area contributed by atoms with Gasteiger partial charge in [-0.2, -0.15) is 0 Å². The smallest absolute Gasteiger partial charge is 0.255 e. The van der Waals surface area contributed by atoms with Crippen molar-refractivity contribution in [2.24, 2.45) is 32.9 Å². The van der Waals surface area contributed by atoms with Crippen LogP contribution in [0, 0.1) is 25.7 Å². The van der Waals surface area contributed by atoms with E-state index in [0.717, 1.165) is 35.2 Å². The van der Waals surface area contributed by atoms with Crippen molar-refractivity contribution in [2.75, 3.05) is 19.7 Å². The lowest BCUT2D eigenvalue weighted by Gasteiger charge is -2.23. The van der Waals surface area contributed by atoms with Crippen LogP contribution in [0.5, 0.6) is 5.75 Å². The summed E-state index contributed by atoms with van der Waals surface area (Å²) in [5.74, 6) is 5.37. The van der Waals surface area contributed by atoms with Crippen LogP contribution < -0.4 is 33.6 Å². The number of allylic oxidation sites excluding steroid dienone is 1. The molecule has 0 fully saturated rings. The minimum absolute atomic E-state index is 0.0409. The number of aliphatic imine (C=N–C) groups is 2. The lowest BCUT2D eigenvalue weighted by atomic mass is 10.0. The van der Waals surface area contributed by atoms with Crippen molar-refractivity contribution in [2.45, 2.75) is 76.9 Å². The van der Waals surface area contributed by atoms with Crippen molar-refractivity contribution in [3.63, 3.8) is 0 Å². The third-order valence-electron chi connectivity index (χ3n) is 7.50. The maximum absolute atomic E-state index is 13.9. The van der Waals surface area contributed by atoms with Gasteiger partial charge in [-0.3, -0.25) is 14.6 Å². The Morgan fingerprint density at radius 1 is 1.04 bits per heavy atom. The Bertz CT molecular complexity index is 1480. The van der Waals surface area contributed by atoms with Crippen LogP contribution in [-0.2, 0) is 20.7 Å². The van der Waals surface area contributed by atoms with Crippen LogP contribution in [0.4, 0.5) is 0 Å². The summed E-state index contributed by atoms with van der Waals surface area (Å²) >= 11 is 0. The quantitative estimate of drug-likeness (QED) is 0.0655. The van der Waals surface area contributed by atoms with Crippen LogP contribution in [-0.4, -0.2) is 66.6 Å². The monoisotopic (exact) mass is 644 g/mol. The number of aromatic hydroxyl groups is 1. The Labute approximate surface area is 277 Å². The first-order valence-corrected chi connectivity index (χ1v) is 15.9. The SMILES string of the molecule is Cc1cc(O)cc(C)c1C#C[C@H](NC(=O)[C@H](N)CCCN=C(N)N)C(=O)N[C@@H](CCCCN)C1=NC(Cc2ccccc2)=CCCO1. The molecule has 3 rings (SSSR count). The standard InChI is InChI=1S/C35H48N8O4/c1-23-20-27(44)21-24(2)28(23)15-16-30(42-32(45)29(37)13-8-18-40-35(38)39)33(46)43-31(14-6-7-17-36)34-41-26(12-9-19-47-34)22-25-10-4-3-5-11-25/h3-5,10-12,20-21,29-31,44H,6-9,13-14,17-19,22,36-37H2,1-2H3,(H,42,45)(H,43,46)(H4,38,39,40)/t29-,30+,31+/m1/s1. The molecule has 0 saturated heterocycles. The van der Waals surface area contributed by atoms with Gasteiger partial charge in [0.05, 0.1) is 12.6 Å². The summed E-state index contributed by atoms with van der Waals surface area (Å²) in [5.41, 5.74) is 26.8. The molecule has 11 N–H and O–H groups in total. The Morgan fingerprint density at radius 3 is 2.45 bits per heavy atom. The van der Waals surface area contributed by atoms with Gasteiger partial charge in [0.2, 0.25) is 11.8 Å². The first-order chi connectivity index (χ1) is 22.6. The molecule has 2 aromatic rings. The van der Waals surface area contributed by atoms with E-state index < -0.39 is 29.9 Å². The van der Waals surface area contributed by atoms with Crippen molar-refractivity contribution in [1.82, 2.24) is 10.6 Å². The fourth-order valence-electron chi connectivity index (χ4n) is 5.06. The van der Waals surface area contributed by atoms with Crippen LogP contribution in [0.3, 0.4) is 0 Å². The largest absolute Gasteiger partial charge is 0.508 e. The Hall–Kier alpha value is -4.86. The van der Waals surface area contributed by atoms with E-state index in [1.54, 1.807) is 12.1 Å². The van der Waals surface area contributed by atoms with E-state index in [0.29, 0.717) is 63.3 Å². The van der Waals surface area contributed by atoms with Crippen molar-refractivity contribution in [3.8, 4) is 17.6 Å². The number of phenols is 1. The third-order valence-corrected chi connectivity index (χ3v) is 7.50. The van der Waals surface area contributed by atoms with Crippen molar-refractivity contribution in [1.29, 1.82) is 0 Å². The number of guanidine groups is 1. The average Bonchev–Trinajstić information content (AvgIpc) is 3.27. The second-order valence-electron chi connectivity index (χ2n) is 11.5. The van der Waals surface area contributed by atoms with Gasteiger partial charge in [0.25, 0.3) is 5.91 Å². The van der Waals surface area contributed by atoms with E-state index in [4.69, 9.17) is 32.7 Å². The molecule has 12 nitrogen and oxygen atoms in total. The maximum atomic E-state index is 13.9. The van der Waals surface area contributed by atoms with Gasteiger partial charge in [-0.05, 0) is 81.3 Å². The molecule has 0 aliphatic carbocycles. The molecule has 2 amide bonds. The summed E-state index contributed by atoms with van der Waals surface area (Å²) in [5, 5.41) is 15.7.